The Labute approximate surface area is 223 Å². The maximum Gasteiger partial charge on any atom is 0.333 e. The largest absolute Gasteiger partial charge is 0.458 e. The van der Waals surface area contributed by atoms with Crippen molar-refractivity contribution in [2.45, 2.75) is 107 Å². The first-order valence-corrected chi connectivity index (χ1v) is 13.9. The first-order valence-electron chi connectivity index (χ1n) is 13.9. The fraction of sp³-hybridized carbons (Fsp3) is 0.733. The summed E-state index contributed by atoms with van der Waals surface area (Å²) < 4.78 is 17.7. The molecule has 1 spiro atoms. The van der Waals surface area contributed by atoms with Crippen molar-refractivity contribution in [1.82, 2.24) is 0 Å². The van der Waals surface area contributed by atoms with Crippen LogP contribution < -0.4 is 0 Å². The van der Waals surface area contributed by atoms with E-state index in [4.69, 9.17) is 14.2 Å². The van der Waals surface area contributed by atoms with Crippen LogP contribution in [0, 0.1) is 29.1 Å². The van der Waals surface area contributed by atoms with E-state index < -0.39 is 58.0 Å². The minimum atomic E-state index is -1.28. The SMILES string of the molecule is C=C1[C@@H]2C[C@]3(O)C4O[C@@]45C=CC(=O)OC(C)(C)[C@@H]5[C@H](O)C[C@H]3[C@]2(C)CC[C@@]1(O)[C@@H](C)[C@H]1CC=C(C)C(=O)O1. The molecular formula is C30H40O8. The molecule has 4 fully saturated rings. The number of ether oxygens (including phenoxy) is 3. The molecule has 0 bridgehead atoms. The molecule has 3 aliphatic heterocycles. The van der Waals surface area contributed by atoms with E-state index in [1.54, 1.807) is 26.8 Å². The molecule has 3 aliphatic carbocycles. The molecule has 3 heterocycles. The zero-order chi connectivity index (χ0) is 27.6. The molecule has 1 unspecified atom stereocenters. The molecule has 8 heteroatoms. The van der Waals surface area contributed by atoms with Gasteiger partial charge in [-0.1, -0.05) is 26.5 Å². The van der Waals surface area contributed by atoms with Crippen molar-refractivity contribution in [1.29, 1.82) is 0 Å². The molecular weight excluding hydrogens is 488 g/mol. The van der Waals surface area contributed by atoms with Gasteiger partial charge in [0, 0.05) is 24.0 Å². The average molecular weight is 529 g/mol. The summed E-state index contributed by atoms with van der Waals surface area (Å²) in [7, 11) is 0. The molecule has 1 saturated heterocycles. The van der Waals surface area contributed by atoms with Gasteiger partial charge in [0.25, 0.3) is 0 Å². The van der Waals surface area contributed by atoms with E-state index in [0.29, 0.717) is 43.3 Å². The predicted octanol–water partition coefficient (Wildman–Crippen LogP) is 2.75. The van der Waals surface area contributed by atoms with Crippen LogP contribution in [0.4, 0.5) is 0 Å². The van der Waals surface area contributed by atoms with Crippen molar-refractivity contribution < 1.29 is 39.1 Å². The van der Waals surface area contributed by atoms with Crippen LogP contribution in [0.5, 0.6) is 0 Å². The first-order chi connectivity index (χ1) is 17.6. The summed E-state index contributed by atoms with van der Waals surface area (Å²) in [5, 5.41) is 36.1. The summed E-state index contributed by atoms with van der Waals surface area (Å²) in [6.45, 7) is 13.8. The summed E-state index contributed by atoms with van der Waals surface area (Å²) in [6, 6.07) is 0. The van der Waals surface area contributed by atoms with Crippen LogP contribution in [0.25, 0.3) is 0 Å². The highest BCUT2D eigenvalue weighted by atomic mass is 16.6. The zero-order valence-electron chi connectivity index (χ0n) is 22.9. The minimum Gasteiger partial charge on any atom is -0.458 e. The third-order valence-corrected chi connectivity index (χ3v) is 11.4. The van der Waals surface area contributed by atoms with Crippen LogP contribution in [0.3, 0.4) is 0 Å². The van der Waals surface area contributed by atoms with Gasteiger partial charge < -0.3 is 29.5 Å². The topological polar surface area (TPSA) is 126 Å². The highest BCUT2D eigenvalue weighted by Crippen LogP contribution is 2.72. The number of esters is 2. The van der Waals surface area contributed by atoms with Crippen LogP contribution in [-0.4, -0.2) is 68.0 Å². The number of aliphatic hydroxyl groups is 3. The van der Waals surface area contributed by atoms with E-state index in [2.05, 4.69) is 13.5 Å². The predicted molar refractivity (Wildman–Crippen MR) is 136 cm³/mol. The summed E-state index contributed by atoms with van der Waals surface area (Å²) in [4.78, 5) is 24.6. The van der Waals surface area contributed by atoms with Crippen molar-refractivity contribution in [2.75, 3.05) is 0 Å². The first kappa shape index (κ1) is 26.2. The second-order valence-corrected chi connectivity index (χ2v) is 13.6. The van der Waals surface area contributed by atoms with E-state index in [-0.39, 0.29) is 23.7 Å². The third kappa shape index (κ3) is 3.23. The fourth-order valence-electron chi connectivity index (χ4n) is 9.23. The number of cyclic esters (lactones) is 2. The molecule has 0 amide bonds. The van der Waals surface area contributed by atoms with Gasteiger partial charge >= 0.3 is 11.9 Å². The number of rotatable bonds is 2. The molecule has 11 atom stereocenters. The van der Waals surface area contributed by atoms with E-state index in [0.717, 1.165) is 0 Å². The van der Waals surface area contributed by atoms with Gasteiger partial charge in [0.05, 0.1) is 23.2 Å². The fourth-order valence-corrected chi connectivity index (χ4v) is 9.23. The molecule has 0 aromatic heterocycles. The number of hydrogen-bond donors (Lipinski definition) is 3. The molecule has 6 rings (SSSR count). The molecule has 0 radical (unpaired) electrons. The lowest BCUT2D eigenvalue weighted by molar-refractivity contribution is -0.163. The molecule has 38 heavy (non-hydrogen) atoms. The summed E-state index contributed by atoms with van der Waals surface area (Å²) >= 11 is 0. The number of hydrogen-bond acceptors (Lipinski definition) is 8. The lowest BCUT2D eigenvalue weighted by Crippen LogP contribution is -2.54. The normalized spacial score (nSPS) is 51.7. The Hall–Kier alpha value is -2.00. The smallest absolute Gasteiger partial charge is 0.333 e. The Morgan fingerprint density at radius 2 is 1.87 bits per heavy atom. The molecule has 3 saturated carbocycles. The standard InChI is InChI=1S/C30H40O8/c1-15-7-8-20(36-24(15)33)17(3)28(34)12-11-27(6)18(16(28)2)14-29(35)21(27)13-19(31)23-26(4,5)37-22(32)9-10-30(23)25(29)38-30/h7,9-10,17-21,23,25,31,34-35H,2,8,11-14H2,1,3-6H3/t17-,18-,19+,20+,21-,23-,25?,27+,28-,29+,30+/m0/s1. The Bertz CT molecular complexity index is 1170. The van der Waals surface area contributed by atoms with E-state index in [1.807, 2.05) is 13.0 Å². The molecule has 3 N–H and O–H groups in total. The third-order valence-electron chi connectivity index (χ3n) is 11.4. The number of carbonyl (C=O) groups excluding carboxylic acids is 2. The van der Waals surface area contributed by atoms with Crippen LogP contribution in [0.2, 0.25) is 0 Å². The minimum absolute atomic E-state index is 0.221. The second kappa shape index (κ2) is 7.80. The highest BCUT2D eigenvalue weighted by Gasteiger charge is 2.80. The molecule has 0 aromatic rings. The Morgan fingerprint density at radius 3 is 2.55 bits per heavy atom. The summed E-state index contributed by atoms with van der Waals surface area (Å²) in [6.07, 6.45) is 5.18. The number of fused-ring (bicyclic) bond motifs is 4. The van der Waals surface area contributed by atoms with Crippen molar-refractivity contribution >= 4 is 11.9 Å². The van der Waals surface area contributed by atoms with Gasteiger partial charge in [0.2, 0.25) is 0 Å². The lowest BCUT2D eigenvalue weighted by Gasteiger charge is -2.52. The van der Waals surface area contributed by atoms with Crippen molar-refractivity contribution in [3.05, 3.63) is 36.0 Å². The van der Waals surface area contributed by atoms with Crippen LogP contribution >= 0.6 is 0 Å². The van der Waals surface area contributed by atoms with Gasteiger partial charge in [-0.05, 0) is 75.4 Å². The summed E-state index contributed by atoms with van der Waals surface area (Å²) in [5.74, 6) is -2.28. The molecule has 8 nitrogen and oxygen atoms in total. The van der Waals surface area contributed by atoms with E-state index in [1.165, 1.54) is 6.08 Å². The molecule has 0 aromatic carbocycles. The van der Waals surface area contributed by atoms with E-state index >= 15 is 0 Å². The van der Waals surface area contributed by atoms with Crippen LogP contribution in [0.1, 0.15) is 66.7 Å². The van der Waals surface area contributed by atoms with Gasteiger partial charge in [-0.3, -0.25) is 0 Å². The van der Waals surface area contributed by atoms with Crippen molar-refractivity contribution in [3.63, 3.8) is 0 Å². The molecule has 208 valence electrons. The number of carbonyl (C=O) groups is 2. The Balaban J connectivity index is 1.34. The monoisotopic (exact) mass is 528 g/mol. The van der Waals surface area contributed by atoms with Crippen molar-refractivity contribution in [2.24, 2.45) is 29.1 Å². The highest BCUT2D eigenvalue weighted by molar-refractivity contribution is 5.88. The second-order valence-electron chi connectivity index (χ2n) is 13.6. The van der Waals surface area contributed by atoms with E-state index in [9.17, 15) is 24.9 Å². The number of epoxide rings is 1. The maximum atomic E-state index is 12.4. The quantitative estimate of drug-likeness (QED) is 0.284. The van der Waals surface area contributed by atoms with Gasteiger partial charge in [-0.15, -0.1) is 0 Å². The van der Waals surface area contributed by atoms with Gasteiger partial charge in [0.1, 0.15) is 23.4 Å². The lowest BCUT2D eigenvalue weighted by atomic mass is 9.55. The Kier molecular flexibility index (Phi) is 5.39. The van der Waals surface area contributed by atoms with Gasteiger partial charge in [0.15, 0.2) is 0 Å². The average Bonchev–Trinajstić information content (AvgIpc) is 3.54. The summed E-state index contributed by atoms with van der Waals surface area (Å²) in [5.41, 5.74) is -3.74. The van der Waals surface area contributed by atoms with Crippen LogP contribution in [-0.2, 0) is 23.8 Å². The number of aliphatic hydroxyl groups excluding tert-OH is 1. The zero-order valence-corrected chi connectivity index (χ0v) is 22.9. The van der Waals surface area contributed by atoms with Crippen molar-refractivity contribution in [3.8, 4) is 0 Å². The van der Waals surface area contributed by atoms with Gasteiger partial charge in [-0.25, -0.2) is 9.59 Å². The molecule has 6 aliphatic rings. The Morgan fingerprint density at radius 1 is 1.16 bits per heavy atom. The maximum absolute atomic E-state index is 12.4. The van der Waals surface area contributed by atoms with Crippen LogP contribution in [0.15, 0.2) is 36.0 Å². The van der Waals surface area contributed by atoms with Gasteiger partial charge in [-0.2, -0.15) is 0 Å².